The smallest absolute Gasteiger partial charge is 0.122 e. The van der Waals surface area contributed by atoms with Gasteiger partial charge in [-0.2, -0.15) is 14.4 Å². The molecular weight excluding hydrogens is 1620 g/mol. The van der Waals surface area contributed by atoms with Gasteiger partial charge in [-0.25, -0.2) is 0 Å². The van der Waals surface area contributed by atoms with Crippen LogP contribution in [0.1, 0.15) is 0 Å². The van der Waals surface area contributed by atoms with Crippen LogP contribution in [-0.2, 0) is 0 Å². The summed E-state index contributed by atoms with van der Waals surface area (Å²) >= 11 is 3.72. The Kier molecular flexibility index (Phi) is 18.4. The maximum Gasteiger partial charge on any atom is 0.122 e. The molecule has 6 heterocycles. The van der Waals surface area contributed by atoms with Crippen LogP contribution in [0.5, 0.6) is 0 Å². The molecule has 608 valence electrons. The van der Waals surface area contributed by atoms with Crippen LogP contribution in [0.25, 0.3) is 239 Å². The average Bonchev–Trinajstić information content (AvgIpc) is 1.41. The van der Waals surface area contributed by atoms with Crippen molar-refractivity contribution in [1.82, 2.24) is 49.5 Å². The molecule has 0 radical (unpaired) electrons. The number of fused-ring (bicyclic) bond motifs is 20. The van der Waals surface area contributed by atoms with Gasteiger partial charge >= 0.3 is 0 Å². The first-order valence-corrected chi connectivity index (χ1v) is 45.4. The summed E-state index contributed by atoms with van der Waals surface area (Å²) in [5.74, 6) is 0. The third-order valence-corrected chi connectivity index (χ3v) is 27.6. The maximum atomic E-state index is 5.06. The lowest BCUT2D eigenvalue weighted by molar-refractivity contribution is 0.766. The van der Waals surface area contributed by atoms with Crippen molar-refractivity contribution in [3.63, 3.8) is 0 Å². The summed E-state index contributed by atoms with van der Waals surface area (Å²) < 4.78 is 7.58. The van der Waals surface area contributed by atoms with Crippen molar-refractivity contribution in [1.29, 1.82) is 0 Å². The molecule has 6 aromatic heterocycles. The summed E-state index contributed by atoms with van der Waals surface area (Å²) in [7, 11) is 0. The Morgan fingerprint density at radius 3 is 1.08 bits per heavy atom. The summed E-state index contributed by atoms with van der Waals surface area (Å²) in [5.41, 5.74) is 28.6. The monoisotopic (exact) mass is 1690 g/mol. The van der Waals surface area contributed by atoms with Gasteiger partial charge in [-0.05, 0) is 220 Å². The number of nitrogens with zero attached hydrogens (tertiary/aromatic N) is 10. The summed E-state index contributed by atoms with van der Waals surface area (Å²) in [6.45, 7) is 0. The van der Waals surface area contributed by atoms with Crippen molar-refractivity contribution in [2.75, 3.05) is 0 Å². The summed E-state index contributed by atoms with van der Waals surface area (Å²) in [6.07, 6.45) is 0. The summed E-state index contributed by atoms with van der Waals surface area (Å²) in [4.78, 5) is 5.23. The number of hydrogen-bond donors (Lipinski definition) is 0. The molecule has 0 N–H and O–H groups in total. The molecular formula is C118H74N10S2. The molecule has 0 fully saturated rings. The molecule has 10 nitrogen and oxygen atoms in total. The minimum atomic E-state index is 0.873. The predicted molar refractivity (Wildman–Crippen MR) is 545 cm³/mol. The first-order valence-electron chi connectivity index (χ1n) is 43.7. The molecule has 27 rings (SSSR count). The molecule has 0 aliphatic heterocycles. The van der Waals surface area contributed by atoms with E-state index in [1.165, 1.54) is 145 Å². The van der Waals surface area contributed by atoms with Crippen LogP contribution < -0.4 is 0 Å². The van der Waals surface area contributed by atoms with Gasteiger partial charge in [0.1, 0.15) is 33.1 Å². The van der Waals surface area contributed by atoms with E-state index in [4.69, 9.17) is 30.6 Å². The first kappa shape index (κ1) is 75.6. The molecule has 0 saturated carbocycles. The van der Waals surface area contributed by atoms with Gasteiger partial charge in [0.25, 0.3) is 0 Å². The molecule has 0 saturated heterocycles. The number of aromatic nitrogens is 10. The Hall–Kier alpha value is -16.9. The van der Waals surface area contributed by atoms with E-state index in [0.717, 1.165) is 93.6 Å². The van der Waals surface area contributed by atoms with Crippen molar-refractivity contribution in [2.24, 2.45) is 0 Å². The van der Waals surface area contributed by atoms with E-state index in [2.05, 4.69) is 362 Å². The van der Waals surface area contributed by atoms with Gasteiger partial charge in [0.05, 0.1) is 28.1 Å². The van der Waals surface area contributed by atoms with Gasteiger partial charge in [-0.15, -0.1) is 53.3 Å². The number of para-hydroxylation sites is 5. The molecule has 0 amide bonds. The highest BCUT2D eigenvalue weighted by atomic mass is 32.1. The Balaban J connectivity index is 0.000000105. The second-order valence-corrected chi connectivity index (χ2v) is 35.0. The number of hydrogen-bond acceptors (Lipinski definition) is 8. The quantitative estimate of drug-likeness (QED) is 0.120. The zero-order chi connectivity index (χ0) is 85.7. The summed E-state index contributed by atoms with van der Waals surface area (Å²) in [5, 5.41) is 46.6. The van der Waals surface area contributed by atoms with Crippen molar-refractivity contribution in [3.05, 3.63) is 449 Å². The minimum absolute atomic E-state index is 0.873. The molecule has 0 aliphatic rings. The molecule has 27 aromatic rings. The van der Waals surface area contributed by atoms with Crippen LogP contribution in [0, 0.1) is 0 Å². The minimum Gasteiger partial charge on any atom is -0.309 e. The van der Waals surface area contributed by atoms with Gasteiger partial charge in [-0.3, -0.25) is 0 Å². The van der Waals surface area contributed by atoms with Gasteiger partial charge < -0.3 is 4.57 Å². The second-order valence-electron chi connectivity index (χ2n) is 32.8. The van der Waals surface area contributed by atoms with Crippen LogP contribution in [0.4, 0.5) is 0 Å². The van der Waals surface area contributed by atoms with E-state index in [9.17, 15) is 0 Å². The van der Waals surface area contributed by atoms with E-state index in [0.29, 0.717) is 0 Å². The molecule has 0 aliphatic carbocycles. The van der Waals surface area contributed by atoms with Crippen LogP contribution in [-0.4, -0.2) is 49.5 Å². The topological polar surface area (TPSA) is 97.1 Å². The lowest BCUT2D eigenvalue weighted by atomic mass is 9.85. The third-order valence-electron chi connectivity index (χ3n) is 25.3. The van der Waals surface area contributed by atoms with E-state index >= 15 is 0 Å². The molecule has 0 bridgehead atoms. The van der Waals surface area contributed by atoms with Gasteiger partial charge in [-0.1, -0.05) is 334 Å². The largest absolute Gasteiger partial charge is 0.309 e. The second kappa shape index (κ2) is 31.6. The number of rotatable bonds is 11. The fraction of sp³-hybridized carbons (Fsp3) is 0. The van der Waals surface area contributed by atoms with Gasteiger partial charge in [0.15, 0.2) is 0 Å². The van der Waals surface area contributed by atoms with E-state index < -0.39 is 0 Å². The first-order chi connectivity index (χ1) is 64.5. The van der Waals surface area contributed by atoms with Gasteiger partial charge in [0.2, 0.25) is 0 Å². The van der Waals surface area contributed by atoms with Crippen molar-refractivity contribution in [3.8, 4) is 101 Å². The van der Waals surface area contributed by atoms with Gasteiger partial charge in [0, 0.05) is 73.0 Å². The fourth-order valence-corrected chi connectivity index (χ4v) is 21.8. The molecule has 0 unspecified atom stereocenters. The normalized spacial score (nSPS) is 11.7. The Morgan fingerprint density at radius 2 is 0.538 bits per heavy atom. The average molecular weight is 1700 g/mol. The van der Waals surface area contributed by atoms with E-state index in [-0.39, 0.29) is 0 Å². The third kappa shape index (κ3) is 13.0. The highest BCUT2D eigenvalue weighted by Crippen LogP contribution is 2.51. The SMILES string of the molecule is c1ccc(-c2c(-c3cc4nn(-c5ccccc5)nc4c4ccccc34)cccc2-c2cccc3sc4ccccc4c23)cc1.c1ccc(-c2c(-c3cccc4sc5ccccc5c34)cccc2-c2cccc3ccc4nn(-c5ccccc5)nc4c23)cc1.c1ccc(-n2nc3ccc4ccc5ccc(-c6ccc7c(c6)c6ccccc6n7-c6ccccc6)cc5c4c3n2)cc1. The Morgan fingerprint density at radius 1 is 0.177 bits per heavy atom. The van der Waals surface area contributed by atoms with Crippen LogP contribution in [0.15, 0.2) is 449 Å². The summed E-state index contributed by atoms with van der Waals surface area (Å²) in [6, 6.07) is 159. The molecule has 0 spiro atoms. The van der Waals surface area contributed by atoms with Crippen LogP contribution >= 0.6 is 22.7 Å². The lowest BCUT2D eigenvalue weighted by Crippen LogP contribution is -1.97. The van der Waals surface area contributed by atoms with Crippen molar-refractivity contribution < 1.29 is 0 Å². The highest BCUT2D eigenvalue weighted by molar-refractivity contribution is 7.26. The zero-order valence-corrected chi connectivity index (χ0v) is 71.6. The van der Waals surface area contributed by atoms with Crippen LogP contribution in [0.2, 0.25) is 0 Å². The molecule has 0 atom stereocenters. The maximum absolute atomic E-state index is 5.06. The standard InChI is InChI=1S/2C40H25N3S.C38H24N4/c1-3-12-26(13-4-1)37-29(19-10-20-30(37)32-21-11-23-36-39(32)33-17-7-8-22-35(33)44-36)31-18-9-14-27-24-25-34-40(38(27)31)42-43(41-34)28-15-5-2-6-16-28;1-3-13-26(14-4-1)38-29(30-22-12-24-37-39(30)33-19-9-10-23-36(33)44-37)20-11-21-31(38)34-25-35-40(32-18-8-7-17-28(32)34)42-43(41-35)27-15-5-2-6-16-27;1-3-9-29(10-4-1)41-35-14-8-7-13-31(35)33-24-28(20-22-36(33)41)27-18-16-25-15-17-26-19-21-34-38(37(26)32(25)23-27)40-42(39-34)30-11-5-2-6-12-30/h2*1-25H;1-24H. The Bertz CT molecular complexity index is 8880. The molecule has 130 heavy (non-hydrogen) atoms. The van der Waals surface area contributed by atoms with Crippen LogP contribution in [0.3, 0.4) is 0 Å². The fourth-order valence-electron chi connectivity index (χ4n) is 19.5. The number of thiophene rings is 2. The lowest BCUT2D eigenvalue weighted by Gasteiger charge is -2.18. The molecule has 12 heteroatoms. The highest BCUT2D eigenvalue weighted by Gasteiger charge is 2.26. The molecule has 21 aromatic carbocycles. The van der Waals surface area contributed by atoms with E-state index in [1.807, 2.05) is 114 Å². The predicted octanol–water partition coefficient (Wildman–Crippen LogP) is 31.4. The Labute approximate surface area is 754 Å². The zero-order valence-electron chi connectivity index (χ0n) is 70.0. The number of benzene rings is 21. The van der Waals surface area contributed by atoms with Crippen molar-refractivity contribution in [2.45, 2.75) is 0 Å². The van der Waals surface area contributed by atoms with E-state index in [1.54, 1.807) is 14.4 Å². The van der Waals surface area contributed by atoms with Crippen molar-refractivity contribution >= 4 is 161 Å².